The van der Waals surface area contributed by atoms with E-state index in [4.69, 9.17) is 16.7 Å². The molecule has 0 bridgehead atoms. The van der Waals surface area contributed by atoms with Crippen LogP contribution in [0, 0.1) is 0 Å². The monoisotopic (exact) mass is 497 g/mol. The van der Waals surface area contributed by atoms with Gasteiger partial charge in [0.1, 0.15) is 6.04 Å². The van der Waals surface area contributed by atoms with Gasteiger partial charge in [0.15, 0.2) is 0 Å². The Bertz CT molecular complexity index is 1240. The van der Waals surface area contributed by atoms with Gasteiger partial charge in [0.2, 0.25) is 15.9 Å². The Morgan fingerprint density at radius 3 is 2.21 bits per heavy atom. The van der Waals surface area contributed by atoms with Crippen LogP contribution in [0.5, 0.6) is 0 Å². The maximum Gasteiger partial charge on any atom is 0.416 e. The number of carbonyl (C=O) groups excluding carboxylic acids is 1. The van der Waals surface area contributed by atoms with E-state index >= 15 is 0 Å². The summed E-state index contributed by atoms with van der Waals surface area (Å²) in [5, 5.41) is 10.5. The highest BCUT2D eigenvalue weighted by Gasteiger charge is 2.31. The Labute approximate surface area is 193 Å². The fourth-order valence-corrected chi connectivity index (χ4v) is 3.71. The van der Waals surface area contributed by atoms with E-state index in [0.717, 1.165) is 18.2 Å². The second-order valence-corrected chi connectivity index (χ2v) is 9.06. The number of rotatable bonds is 7. The van der Waals surface area contributed by atoms with Crippen LogP contribution < -0.4 is 15.8 Å². The normalized spacial score (nSPS) is 12.9. The number of anilines is 1. The van der Waals surface area contributed by atoms with Crippen molar-refractivity contribution in [1.29, 1.82) is 0 Å². The van der Waals surface area contributed by atoms with Gasteiger partial charge in [0.25, 0.3) is 0 Å². The first-order valence-corrected chi connectivity index (χ1v) is 11.5. The summed E-state index contributed by atoms with van der Waals surface area (Å²) in [6.45, 7) is 0.161. The van der Waals surface area contributed by atoms with Gasteiger partial charge in [-0.2, -0.15) is 13.2 Å². The lowest BCUT2D eigenvalue weighted by Crippen LogP contribution is -2.33. The fourth-order valence-electron chi connectivity index (χ4n) is 3.03. The molecule has 0 heterocycles. The molecule has 0 saturated heterocycles. The average Bonchev–Trinajstić information content (AvgIpc) is 2.75. The van der Waals surface area contributed by atoms with Gasteiger partial charge in [0.05, 0.1) is 21.2 Å². The first-order chi connectivity index (χ1) is 15.4. The Morgan fingerprint density at radius 1 is 1.00 bits per heavy atom. The number of hydrogen-bond acceptors (Lipinski definition) is 4. The quantitative estimate of drug-likeness (QED) is 0.448. The Hall–Kier alpha value is -2.92. The van der Waals surface area contributed by atoms with Crippen molar-refractivity contribution in [3.63, 3.8) is 0 Å². The molecule has 1 amide bonds. The zero-order valence-electron chi connectivity index (χ0n) is 16.9. The van der Waals surface area contributed by atoms with E-state index in [0.29, 0.717) is 11.1 Å². The Morgan fingerprint density at radius 2 is 1.64 bits per heavy atom. The van der Waals surface area contributed by atoms with E-state index < -0.39 is 33.7 Å². The second-order valence-electron chi connectivity index (χ2n) is 7.10. The summed E-state index contributed by atoms with van der Waals surface area (Å²) < 4.78 is 62.0. The molecule has 0 spiro atoms. The highest BCUT2D eigenvalue weighted by molar-refractivity contribution is 7.89. The van der Waals surface area contributed by atoms with Crippen LogP contribution in [0.1, 0.15) is 22.7 Å². The molecule has 3 rings (SSSR count). The van der Waals surface area contributed by atoms with E-state index in [1.54, 1.807) is 30.3 Å². The summed E-state index contributed by atoms with van der Waals surface area (Å²) in [6, 6.07) is 16.1. The molecule has 0 fully saturated rings. The van der Waals surface area contributed by atoms with Crippen LogP contribution in [0.25, 0.3) is 0 Å². The smallest absolute Gasteiger partial charge is 0.323 e. The van der Waals surface area contributed by atoms with Crippen LogP contribution in [-0.4, -0.2) is 14.3 Å². The molecule has 3 aromatic carbocycles. The number of sulfonamides is 1. The lowest BCUT2D eigenvalue weighted by Gasteiger charge is -2.20. The predicted molar refractivity (Wildman–Crippen MR) is 119 cm³/mol. The van der Waals surface area contributed by atoms with Crippen LogP contribution in [0.4, 0.5) is 18.9 Å². The van der Waals surface area contributed by atoms with Crippen LogP contribution in [0.3, 0.4) is 0 Å². The minimum absolute atomic E-state index is 0.0401. The summed E-state index contributed by atoms with van der Waals surface area (Å²) >= 11 is 6.00. The van der Waals surface area contributed by atoms with Crippen molar-refractivity contribution in [2.45, 2.75) is 23.7 Å². The van der Waals surface area contributed by atoms with Crippen LogP contribution in [0.15, 0.2) is 77.7 Å². The number of nitrogens with one attached hydrogen (secondary N) is 2. The minimum atomic E-state index is -4.59. The number of amides is 1. The van der Waals surface area contributed by atoms with E-state index in [1.165, 1.54) is 24.3 Å². The standard InChI is InChI=1S/C22H19ClF3N3O3S/c23-18-11-8-16(22(24,25)26)12-19(18)29-21(30)20(15-4-2-1-3-5-15)28-13-14-6-9-17(10-7-14)33(27,31)32/h1-12,20,28H,13H2,(H,29,30)(H2,27,31,32)/t20-/m0/s1. The molecule has 0 aromatic heterocycles. The molecule has 33 heavy (non-hydrogen) atoms. The average molecular weight is 498 g/mol. The van der Waals surface area contributed by atoms with Crippen molar-refractivity contribution in [3.05, 3.63) is 94.5 Å². The molecular formula is C22H19ClF3N3O3S. The van der Waals surface area contributed by atoms with Gasteiger partial charge in [-0.15, -0.1) is 0 Å². The van der Waals surface area contributed by atoms with Gasteiger partial charge in [-0.3, -0.25) is 10.1 Å². The maximum atomic E-state index is 13.1. The lowest BCUT2D eigenvalue weighted by atomic mass is 10.1. The number of nitrogens with two attached hydrogens (primary N) is 1. The summed E-state index contributed by atoms with van der Waals surface area (Å²) in [6.07, 6.45) is -4.59. The zero-order chi connectivity index (χ0) is 24.2. The van der Waals surface area contributed by atoms with Gasteiger partial charge in [0, 0.05) is 6.54 Å². The minimum Gasteiger partial charge on any atom is -0.323 e. The molecule has 6 nitrogen and oxygen atoms in total. The molecule has 0 aliphatic heterocycles. The highest BCUT2D eigenvalue weighted by Crippen LogP contribution is 2.34. The van der Waals surface area contributed by atoms with Crippen LogP contribution >= 0.6 is 11.6 Å². The predicted octanol–water partition coefficient (Wildman–Crippen LogP) is 4.48. The molecule has 3 aromatic rings. The Kier molecular flexibility index (Phi) is 7.43. The third-order valence-corrected chi connectivity index (χ3v) is 5.97. The fraction of sp³-hybridized carbons (Fsp3) is 0.136. The number of carbonyl (C=O) groups is 1. The number of primary sulfonamides is 1. The van der Waals surface area contributed by atoms with Crippen LogP contribution in [0.2, 0.25) is 5.02 Å². The van der Waals surface area contributed by atoms with E-state index in [9.17, 15) is 26.4 Å². The first kappa shape index (κ1) is 24.7. The van der Waals surface area contributed by atoms with Crippen LogP contribution in [-0.2, 0) is 27.5 Å². The van der Waals surface area contributed by atoms with Crippen molar-refractivity contribution in [2.24, 2.45) is 5.14 Å². The number of benzene rings is 3. The third-order valence-electron chi connectivity index (χ3n) is 4.71. The molecule has 4 N–H and O–H groups in total. The highest BCUT2D eigenvalue weighted by atomic mass is 35.5. The zero-order valence-corrected chi connectivity index (χ0v) is 18.5. The SMILES string of the molecule is NS(=O)(=O)c1ccc(CN[C@H](C(=O)Nc2cc(C(F)(F)F)ccc2Cl)c2ccccc2)cc1. The number of hydrogen-bond donors (Lipinski definition) is 3. The summed E-state index contributed by atoms with van der Waals surface area (Å²) in [4.78, 5) is 13.0. The van der Waals surface area contributed by atoms with Crippen molar-refractivity contribution in [2.75, 3.05) is 5.32 Å². The molecule has 0 aliphatic rings. The summed E-state index contributed by atoms with van der Waals surface area (Å²) in [5.74, 6) is -0.622. The lowest BCUT2D eigenvalue weighted by molar-refractivity contribution is -0.137. The van der Waals surface area contributed by atoms with Gasteiger partial charge < -0.3 is 5.32 Å². The van der Waals surface area contributed by atoms with Gasteiger partial charge in [-0.1, -0.05) is 54.1 Å². The topological polar surface area (TPSA) is 101 Å². The van der Waals surface area contributed by atoms with E-state index in [-0.39, 0.29) is 22.2 Å². The van der Waals surface area contributed by atoms with Gasteiger partial charge in [-0.05, 0) is 41.5 Å². The number of halogens is 4. The van der Waals surface area contributed by atoms with Crippen molar-refractivity contribution in [3.8, 4) is 0 Å². The maximum absolute atomic E-state index is 13.1. The van der Waals surface area contributed by atoms with E-state index in [2.05, 4.69) is 10.6 Å². The first-order valence-electron chi connectivity index (χ1n) is 9.53. The third kappa shape index (κ3) is 6.55. The Balaban J connectivity index is 1.82. The molecule has 0 saturated carbocycles. The summed E-state index contributed by atoms with van der Waals surface area (Å²) in [7, 11) is -3.84. The van der Waals surface area contributed by atoms with Crippen molar-refractivity contribution >= 4 is 33.2 Å². The molecular weight excluding hydrogens is 479 g/mol. The van der Waals surface area contributed by atoms with Gasteiger partial charge in [-0.25, -0.2) is 13.6 Å². The number of alkyl halides is 3. The largest absolute Gasteiger partial charge is 0.416 e. The molecule has 0 aliphatic carbocycles. The molecule has 1 atom stereocenters. The van der Waals surface area contributed by atoms with E-state index in [1.807, 2.05) is 0 Å². The van der Waals surface area contributed by atoms with Crippen molar-refractivity contribution in [1.82, 2.24) is 5.32 Å². The molecule has 174 valence electrons. The van der Waals surface area contributed by atoms with Gasteiger partial charge >= 0.3 is 6.18 Å². The van der Waals surface area contributed by atoms with Crippen molar-refractivity contribution < 1.29 is 26.4 Å². The molecule has 11 heteroatoms. The molecule has 0 unspecified atom stereocenters. The summed E-state index contributed by atoms with van der Waals surface area (Å²) in [5.41, 5.74) is 0.116. The molecule has 0 radical (unpaired) electrons. The second kappa shape index (κ2) is 9.92.